The summed E-state index contributed by atoms with van der Waals surface area (Å²) in [7, 11) is 1.57. The van der Waals surface area contributed by atoms with Gasteiger partial charge in [0.05, 0.1) is 13.7 Å². The average Bonchev–Trinajstić information content (AvgIpc) is 2.60. The van der Waals surface area contributed by atoms with Gasteiger partial charge in [-0.25, -0.2) is 8.78 Å². The average molecular weight is 347 g/mol. The minimum Gasteiger partial charge on any atom is -0.497 e. The quantitative estimate of drug-likeness (QED) is 0.894. The van der Waals surface area contributed by atoms with Crippen molar-refractivity contribution >= 4 is 5.91 Å². The predicted molar refractivity (Wildman–Crippen MR) is 88.5 cm³/mol. The molecular weight excluding hydrogens is 328 g/mol. The molecule has 2 aromatic rings. The van der Waals surface area contributed by atoms with E-state index >= 15 is 0 Å². The zero-order valence-electron chi connectivity index (χ0n) is 13.8. The van der Waals surface area contributed by atoms with Crippen LogP contribution in [0.2, 0.25) is 0 Å². The Balaban J connectivity index is 1.81. The molecule has 0 bridgehead atoms. The van der Waals surface area contributed by atoms with Crippen LogP contribution >= 0.6 is 0 Å². The van der Waals surface area contributed by atoms with Gasteiger partial charge in [0, 0.05) is 0 Å². The summed E-state index contributed by atoms with van der Waals surface area (Å²) < 4.78 is 32.6. The van der Waals surface area contributed by atoms with Crippen LogP contribution in [0, 0.1) is 11.6 Å². The maximum Gasteiger partial charge on any atom is 0.257 e. The lowest BCUT2D eigenvalue weighted by atomic mass is 9.79. The number of hydrogen-bond acceptors (Lipinski definition) is 3. The summed E-state index contributed by atoms with van der Waals surface area (Å²) in [6.07, 6.45) is 1.98. The molecule has 0 aliphatic heterocycles. The summed E-state index contributed by atoms with van der Waals surface area (Å²) in [5.41, 5.74) is -0.276. The maximum atomic E-state index is 13.7. The van der Waals surface area contributed by atoms with Crippen LogP contribution < -0.4 is 10.1 Å². The summed E-state index contributed by atoms with van der Waals surface area (Å²) in [6.45, 7) is -0.126. The van der Waals surface area contributed by atoms with Gasteiger partial charge in [0.1, 0.15) is 28.5 Å². The zero-order chi connectivity index (χ0) is 18.0. The molecule has 132 valence electrons. The van der Waals surface area contributed by atoms with Crippen LogP contribution in [0.15, 0.2) is 36.4 Å². The molecule has 25 heavy (non-hydrogen) atoms. The van der Waals surface area contributed by atoms with Crippen LogP contribution in [0.3, 0.4) is 0 Å². The van der Waals surface area contributed by atoms with E-state index in [0.717, 1.165) is 30.5 Å². The third-order valence-electron chi connectivity index (χ3n) is 4.58. The number of ether oxygens (including phenoxy) is 1. The fraction of sp³-hybridized carbons (Fsp3) is 0.316. The lowest BCUT2D eigenvalue weighted by Gasteiger charge is -2.35. The number of carbonyl (C=O) groups excluding carboxylic acids is 1. The lowest BCUT2D eigenvalue weighted by Crippen LogP contribution is -2.43. The van der Waals surface area contributed by atoms with Gasteiger partial charge in [-0.3, -0.25) is 4.79 Å². The molecule has 1 amide bonds. The summed E-state index contributed by atoms with van der Waals surface area (Å²) in [5, 5.41) is 13.4. The molecule has 1 unspecified atom stereocenters. The van der Waals surface area contributed by atoms with Crippen molar-refractivity contribution in [2.45, 2.75) is 24.9 Å². The minimum atomic E-state index is -1.28. The van der Waals surface area contributed by atoms with E-state index in [-0.39, 0.29) is 6.54 Å². The second kappa shape index (κ2) is 6.80. The second-order valence-corrected chi connectivity index (χ2v) is 6.19. The molecule has 3 rings (SSSR count). The van der Waals surface area contributed by atoms with Crippen LogP contribution in [-0.2, 0) is 12.0 Å². The first kappa shape index (κ1) is 17.4. The molecule has 0 spiro atoms. The van der Waals surface area contributed by atoms with Crippen molar-refractivity contribution in [3.05, 3.63) is 64.7 Å². The van der Waals surface area contributed by atoms with E-state index < -0.39 is 28.7 Å². The van der Waals surface area contributed by atoms with Gasteiger partial charge in [0.25, 0.3) is 5.91 Å². The number of hydrogen-bond donors (Lipinski definition) is 2. The Morgan fingerprint density at radius 1 is 1.28 bits per heavy atom. The number of carbonyl (C=O) groups is 1. The highest BCUT2D eigenvalue weighted by Crippen LogP contribution is 2.36. The lowest BCUT2D eigenvalue weighted by molar-refractivity contribution is 0.0188. The van der Waals surface area contributed by atoms with Crippen LogP contribution in [0.1, 0.15) is 34.3 Å². The number of aliphatic hydroxyl groups is 1. The second-order valence-electron chi connectivity index (χ2n) is 6.19. The molecule has 1 atom stereocenters. The molecule has 0 saturated carbocycles. The maximum absolute atomic E-state index is 13.7. The van der Waals surface area contributed by atoms with E-state index in [1.165, 1.54) is 6.07 Å². The number of rotatable bonds is 4. The zero-order valence-corrected chi connectivity index (χ0v) is 13.8. The first-order chi connectivity index (χ1) is 11.9. The highest BCUT2D eigenvalue weighted by Gasteiger charge is 2.35. The molecule has 0 heterocycles. The SMILES string of the molecule is COc1ccc2c(c1)CCCC2(O)CNC(=O)c1c(F)cccc1F. The first-order valence-electron chi connectivity index (χ1n) is 8.06. The Hall–Kier alpha value is -2.47. The fourth-order valence-electron chi connectivity index (χ4n) is 3.28. The van der Waals surface area contributed by atoms with Crippen LogP contribution in [0.4, 0.5) is 8.78 Å². The van der Waals surface area contributed by atoms with Crippen molar-refractivity contribution in [3.8, 4) is 5.75 Å². The third kappa shape index (κ3) is 3.35. The predicted octanol–water partition coefficient (Wildman–Crippen LogP) is 2.93. The molecule has 2 N–H and O–H groups in total. The third-order valence-corrected chi connectivity index (χ3v) is 4.58. The van der Waals surface area contributed by atoms with Crippen LogP contribution in [0.25, 0.3) is 0 Å². The molecule has 6 heteroatoms. The molecular formula is C19H19F2NO3. The summed E-state index contributed by atoms with van der Waals surface area (Å²) in [6, 6.07) is 8.61. The first-order valence-corrected chi connectivity index (χ1v) is 8.06. The van der Waals surface area contributed by atoms with Gasteiger partial charge in [0.2, 0.25) is 0 Å². The van der Waals surface area contributed by atoms with Gasteiger partial charge in [0.15, 0.2) is 0 Å². The van der Waals surface area contributed by atoms with Gasteiger partial charge >= 0.3 is 0 Å². The summed E-state index contributed by atoms with van der Waals surface area (Å²) >= 11 is 0. The minimum absolute atomic E-state index is 0.126. The van der Waals surface area contributed by atoms with Crippen molar-refractivity contribution in [2.24, 2.45) is 0 Å². The summed E-state index contributed by atoms with van der Waals surface area (Å²) in [4.78, 5) is 12.2. The molecule has 4 nitrogen and oxygen atoms in total. The Morgan fingerprint density at radius 2 is 2.00 bits per heavy atom. The van der Waals surface area contributed by atoms with E-state index in [4.69, 9.17) is 4.74 Å². The Morgan fingerprint density at radius 3 is 2.68 bits per heavy atom. The van der Waals surface area contributed by atoms with Gasteiger partial charge in [-0.05, 0) is 54.7 Å². The van der Waals surface area contributed by atoms with Crippen LogP contribution in [-0.4, -0.2) is 24.7 Å². The van der Waals surface area contributed by atoms with Crippen molar-refractivity contribution in [2.75, 3.05) is 13.7 Å². The van der Waals surface area contributed by atoms with Crippen molar-refractivity contribution in [1.82, 2.24) is 5.32 Å². The number of halogens is 2. The van der Waals surface area contributed by atoms with E-state index in [9.17, 15) is 18.7 Å². The Bertz CT molecular complexity index is 789. The number of amides is 1. The summed E-state index contributed by atoms with van der Waals surface area (Å²) in [5.74, 6) is -2.05. The van der Waals surface area contributed by atoms with Gasteiger partial charge in [-0.15, -0.1) is 0 Å². The molecule has 1 aliphatic carbocycles. The monoisotopic (exact) mass is 347 g/mol. The number of aryl methyl sites for hydroxylation is 1. The van der Waals surface area contributed by atoms with E-state index in [1.807, 2.05) is 6.07 Å². The van der Waals surface area contributed by atoms with Crippen molar-refractivity contribution in [1.29, 1.82) is 0 Å². The number of nitrogens with one attached hydrogen (secondary N) is 1. The van der Waals surface area contributed by atoms with E-state index in [2.05, 4.69) is 5.32 Å². The van der Waals surface area contributed by atoms with Gasteiger partial charge in [-0.2, -0.15) is 0 Å². The van der Waals surface area contributed by atoms with Crippen molar-refractivity contribution in [3.63, 3.8) is 0 Å². The highest BCUT2D eigenvalue weighted by molar-refractivity contribution is 5.94. The molecule has 0 aromatic heterocycles. The van der Waals surface area contributed by atoms with Gasteiger partial charge in [-0.1, -0.05) is 12.1 Å². The van der Waals surface area contributed by atoms with Gasteiger partial charge < -0.3 is 15.2 Å². The molecule has 0 saturated heterocycles. The molecule has 0 radical (unpaired) electrons. The fourth-order valence-corrected chi connectivity index (χ4v) is 3.28. The standard InChI is InChI=1S/C19H19F2NO3/c1-25-13-7-8-14-12(10-13)4-3-9-19(14,24)11-22-18(23)17-15(20)5-2-6-16(17)21/h2,5-8,10,24H,3-4,9,11H2,1H3,(H,22,23). The van der Waals surface area contributed by atoms with Crippen LogP contribution in [0.5, 0.6) is 5.75 Å². The molecule has 2 aromatic carbocycles. The Kier molecular flexibility index (Phi) is 4.72. The number of methoxy groups -OCH3 is 1. The van der Waals surface area contributed by atoms with E-state index in [1.54, 1.807) is 19.2 Å². The molecule has 1 aliphatic rings. The Labute approximate surface area is 144 Å². The highest BCUT2D eigenvalue weighted by atomic mass is 19.1. The molecule has 0 fully saturated rings. The van der Waals surface area contributed by atoms with E-state index in [0.29, 0.717) is 17.7 Å². The smallest absolute Gasteiger partial charge is 0.257 e. The topological polar surface area (TPSA) is 58.6 Å². The number of fused-ring (bicyclic) bond motifs is 1. The number of benzene rings is 2. The van der Waals surface area contributed by atoms with Crippen molar-refractivity contribution < 1.29 is 23.4 Å². The normalized spacial score (nSPS) is 19.2. The largest absolute Gasteiger partial charge is 0.497 e.